The number of imide groups is 1. The Kier molecular flexibility index (Phi) is 6.27. The number of anilines is 1. The Bertz CT molecular complexity index is 1510. The van der Waals surface area contributed by atoms with E-state index in [0.717, 1.165) is 4.90 Å². The molecule has 2 heterocycles. The number of aryl methyl sites for hydroxylation is 1. The molecule has 1 aromatic heterocycles. The minimum absolute atomic E-state index is 0.117. The van der Waals surface area contributed by atoms with Crippen molar-refractivity contribution in [2.24, 2.45) is 7.05 Å². The monoisotopic (exact) mass is 498 g/mol. The van der Waals surface area contributed by atoms with Gasteiger partial charge in [0.2, 0.25) is 0 Å². The molecule has 0 radical (unpaired) electrons. The second kappa shape index (κ2) is 9.69. The van der Waals surface area contributed by atoms with Crippen molar-refractivity contribution in [1.82, 2.24) is 14.9 Å². The predicted molar refractivity (Wildman–Crippen MR) is 134 cm³/mol. The molecule has 1 atom stereocenters. The predicted octanol–water partition coefficient (Wildman–Crippen LogP) is 4.28. The molecule has 37 heavy (non-hydrogen) atoms. The number of benzene rings is 3. The first-order valence-corrected chi connectivity index (χ1v) is 11.7. The summed E-state index contributed by atoms with van der Waals surface area (Å²) in [5.74, 6) is -0.983. The van der Waals surface area contributed by atoms with Crippen molar-refractivity contribution in [3.63, 3.8) is 0 Å². The van der Waals surface area contributed by atoms with Crippen LogP contribution in [-0.4, -0.2) is 33.9 Å². The molecule has 3 aromatic carbocycles. The molecule has 1 aliphatic heterocycles. The number of halogens is 1. The van der Waals surface area contributed by atoms with Gasteiger partial charge in [-0.3, -0.25) is 14.4 Å². The van der Waals surface area contributed by atoms with Crippen LogP contribution in [0, 0.1) is 5.82 Å². The molecule has 9 heteroatoms. The lowest BCUT2D eigenvalue weighted by molar-refractivity contribution is 0.0922. The lowest BCUT2D eigenvalue weighted by Gasteiger charge is -2.20. The molecule has 0 saturated carbocycles. The fourth-order valence-electron chi connectivity index (χ4n) is 4.33. The average molecular weight is 499 g/mol. The quantitative estimate of drug-likeness (QED) is 0.384. The normalized spacial score (nSPS) is 13.4. The molecular formula is C28H23FN4O4. The van der Waals surface area contributed by atoms with Gasteiger partial charge in [0.1, 0.15) is 23.4 Å². The van der Waals surface area contributed by atoms with Gasteiger partial charge >= 0.3 is 0 Å². The second-order valence-electron chi connectivity index (χ2n) is 8.46. The maximum absolute atomic E-state index is 14.7. The number of carbonyl (C=O) groups excluding carboxylic acids is 3. The lowest BCUT2D eigenvalue weighted by Crippen LogP contribution is -2.32. The summed E-state index contributed by atoms with van der Waals surface area (Å²) in [6.07, 6.45) is 3.26. The maximum Gasteiger partial charge on any atom is 0.266 e. The van der Waals surface area contributed by atoms with Gasteiger partial charge in [0.25, 0.3) is 17.7 Å². The van der Waals surface area contributed by atoms with Crippen molar-refractivity contribution in [1.29, 1.82) is 0 Å². The molecule has 186 valence electrons. The molecule has 8 nitrogen and oxygen atoms in total. The second-order valence-corrected chi connectivity index (χ2v) is 8.46. The van der Waals surface area contributed by atoms with Crippen LogP contribution >= 0.6 is 0 Å². The van der Waals surface area contributed by atoms with Gasteiger partial charge in [0.15, 0.2) is 0 Å². The van der Waals surface area contributed by atoms with E-state index in [-0.39, 0.29) is 22.3 Å². The lowest BCUT2D eigenvalue weighted by atomic mass is 10.0. The molecule has 0 aliphatic carbocycles. The standard InChI is InChI=1S/C28H23FN4O4/c1-3-37-19-11-9-18(10-12-19)33-27(35)20-13-8-17(16-22(20)28(33)36)26(34)31-24(25-30-14-15-32(25)2)21-6-4-5-7-23(21)29/h4-16,24H,3H2,1-2H3,(H,31,34). The van der Waals surface area contributed by atoms with Crippen LogP contribution in [0.1, 0.15) is 55.4 Å². The van der Waals surface area contributed by atoms with Gasteiger partial charge in [-0.2, -0.15) is 0 Å². The van der Waals surface area contributed by atoms with Gasteiger partial charge < -0.3 is 14.6 Å². The minimum atomic E-state index is -0.875. The number of nitrogens with zero attached hydrogens (tertiary/aromatic N) is 3. The largest absolute Gasteiger partial charge is 0.494 e. The molecule has 1 unspecified atom stereocenters. The average Bonchev–Trinajstić information content (AvgIpc) is 3.43. The Labute approximate surface area is 212 Å². The maximum atomic E-state index is 14.7. The van der Waals surface area contributed by atoms with Gasteiger partial charge in [-0.25, -0.2) is 14.3 Å². The SMILES string of the molecule is CCOc1ccc(N2C(=O)c3ccc(C(=O)NC(c4ccccc4F)c4nccn4C)cc3C2=O)cc1. The highest BCUT2D eigenvalue weighted by Crippen LogP contribution is 2.31. The van der Waals surface area contributed by atoms with Crippen molar-refractivity contribution in [2.75, 3.05) is 11.5 Å². The van der Waals surface area contributed by atoms with E-state index in [9.17, 15) is 18.8 Å². The van der Waals surface area contributed by atoms with Gasteiger partial charge in [-0.05, 0) is 55.5 Å². The smallest absolute Gasteiger partial charge is 0.266 e. The summed E-state index contributed by atoms with van der Waals surface area (Å²) >= 11 is 0. The van der Waals surface area contributed by atoms with Crippen LogP contribution in [0.3, 0.4) is 0 Å². The van der Waals surface area contributed by atoms with Crippen molar-refractivity contribution in [3.05, 3.63) is 113 Å². The number of amides is 3. The zero-order chi connectivity index (χ0) is 26.1. The van der Waals surface area contributed by atoms with Crippen LogP contribution in [-0.2, 0) is 7.05 Å². The van der Waals surface area contributed by atoms with Gasteiger partial charge in [-0.15, -0.1) is 0 Å². The Hall–Kier alpha value is -4.79. The van der Waals surface area contributed by atoms with Crippen LogP contribution in [0.2, 0.25) is 0 Å². The van der Waals surface area contributed by atoms with E-state index in [1.54, 1.807) is 66.5 Å². The fourth-order valence-corrected chi connectivity index (χ4v) is 4.33. The highest BCUT2D eigenvalue weighted by Gasteiger charge is 2.37. The Morgan fingerprint density at radius 1 is 1.03 bits per heavy atom. The number of fused-ring (bicyclic) bond motifs is 1. The van der Waals surface area contributed by atoms with E-state index >= 15 is 0 Å². The van der Waals surface area contributed by atoms with Crippen LogP contribution in [0.25, 0.3) is 0 Å². The number of nitrogens with one attached hydrogen (secondary N) is 1. The highest BCUT2D eigenvalue weighted by atomic mass is 19.1. The van der Waals surface area contributed by atoms with Gasteiger partial charge in [0.05, 0.1) is 23.4 Å². The van der Waals surface area contributed by atoms with E-state index < -0.39 is 29.6 Å². The number of ether oxygens (including phenoxy) is 1. The van der Waals surface area contributed by atoms with E-state index in [1.807, 2.05) is 6.92 Å². The highest BCUT2D eigenvalue weighted by molar-refractivity contribution is 6.34. The number of hydrogen-bond acceptors (Lipinski definition) is 5. The summed E-state index contributed by atoms with van der Waals surface area (Å²) in [5, 5.41) is 2.83. The topological polar surface area (TPSA) is 93.5 Å². The molecular weight excluding hydrogens is 475 g/mol. The van der Waals surface area contributed by atoms with E-state index in [0.29, 0.717) is 23.9 Å². The van der Waals surface area contributed by atoms with Crippen LogP contribution in [0.15, 0.2) is 79.1 Å². The molecule has 4 aromatic rings. The molecule has 1 N–H and O–H groups in total. The number of carbonyl (C=O) groups is 3. The minimum Gasteiger partial charge on any atom is -0.494 e. The van der Waals surface area contributed by atoms with Crippen molar-refractivity contribution >= 4 is 23.4 Å². The number of imidazole rings is 1. The Morgan fingerprint density at radius 3 is 2.43 bits per heavy atom. The molecule has 0 fully saturated rings. The van der Waals surface area contributed by atoms with E-state index in [4.69, 9.17) is 4.74 Å². The third kappa shape index (κ3) is 4.35. The fraction of sp³-hybridized carbons (Fsp3) is 0.143. The summed E-state index contributed by atoms with van der Waals surface area (Å²) in [6, 6.07) is 16.2. The third-order valence-electron chi connectivity index (χ3n) is 6.16. The van der Waals surface area contributed by atoms with Crippen molar-refractivity contribution in [3.8, 4) is 5.75 Å². The van der Waals surface area contributed by atoms with Gasteiger partial charge in [-0.1, -0.05) is 18.2 Å². The first kappa shape index (κ1) is 23.9. The van der Waals surface area contributed by atoms with Crippen LogP contribution in [0.4, 0.5) is 10.1 Å². The summed E-state index contributed by atoms with van der Waals surface area (Å²) in [7, 11) is 1.75. The van der Waals surface area contributed by atoms with Crippen LogP contribution in [0.5, 0.6) is 5.75 Å². The molecule has 1 aliphatic rings. The molecule has 0 spiro atoms. The van der Waals surface area contributed by atoms with Gasteiger partial charge in [0, 0.05) is 30.6 Å². The van der Waals surface area contributed by atoms with Crippen molar-refractivity contribution in [2.45, 2.75) is 13.0 Å². The summed E-state index contributed by atoms with van der Waals surface area (Å²) < 4.78 is 21.8. The van der Waals surface area contributed by atoms with E-state index in [2.05, 4.69) is 10.3 Å². The first-order valence-electron chi connectivity index (χ1n) is 11.7. The molecule has 0 saturated heterocycles. The summed E-state index contributed by atoms with van der Waals surface area (Å²) in [6.45, 7) is 2.36. The molecule has 5 rings (SSSR count). The molecule has 0 bridgehead atoms. The zero-order valence-corrected chi connectivity index (χ0v) is 20.1. The number of rotatable bonds is 7. The summed E-state index contributed by atoms with van der Waals surface area (Å²) in [5.41, 5.74) is 1.12. The Morgan fingerprint density at radius 2 is 1.76 bits per heavy atom. The van der Waals surface area contributed by atoms with Crippen molar-refractivity contribution < 1.29 is 23.5 Å². The van der Waals surface area contributed by atoms with Crippen LogP contribution < -0.4 is 15.0 Å². The van der Waals surface area contributed by atoms with E-state index in [1.165, 1.54) is 24.3 Å². The Balaban J connectivity index is 1.44. The number of aromatic nitrogens is 2. The first-order chi connectivity index (χ1) is 17.9. The molecule has 3 amide bonds. The third-order valence-corrected chi connectivity index (χ3v) is 6.16. The summed E-state index contributed by atoms with van der Waals surface area (Å²) in [4.78, 5) is 44.9. The number of hydrogen-bond donors (Lipinski definition) is 1. The zero-order valence-electron chi connectivity index (χ0n) is 20.1.